The highest BCUT2D eigenvalue weighted by atomic mass is 79.9. The lowest BCUT2D eigenvalue weighted by Gasteiger charge is -2.10. The van der Waals surface area contributed by atoms with Gasteiger partial charge in [0.15, 0.2) is 0 Å². The van der Waals surface area contributed by atoms with Crippen LogP contribution in [-0.4, -0.2) is 10.9 Å². The largest absolute Gasteiger partial charge is 0.323 e. The lowest BCUT2D eigenvalue weighted by molar-refractivity contribution is 0.102. The van der Waals surface area contributed by atoms with Crippen LogP contribution < -0.4 is 16.6 Å². The van der Waals surface area contributed by atoms with Gasteiger partial charge in [0.05, 0.1) is 16.9 Å². The minimum Gasteiger partial charge on any atom is -0.323 e. The molecule has 1 aromatic carbocycles. The second kappa shape index (κ2) is 6.14. The highest BCUT2D eigenvalue weighted by Gasteiger charge is 2.12. The second-order valence-corrected chi connectivity index (χ2v) is 5.41. The van der Waals surface area contributed by atoms with E-state index in [9.17, 15) is 4.79 Å². The molecule has 2 rings (SSSR count). The van der Waals surface area contributed by atoms with E-state index < -0.39 is 0 Å². The van der Waals surface area contributed by atoms with Crippen molar-refractivity contribution in [2.75, 3.05) is 10.7 Å². The molecule has 0 saturated heterocycles. The number of rotatable bonds is 3. The molecule has 2 aromatic rings. The van der Waals surface area contributed by atoms with Gasteiger partial charge < -0.3 is 10.7 Å². The second-order valence-electron chi connectivity index (χ2n) is 3.64. The molecule has 0 aliphatic rings. The Bertz CT molecular complexity index is 618. The number of halogens is 2. The van der Waals surface area contributed by atoms with Crippen molar-refractivity contribution >= 4 is 49.1 Å². The zero-order chi connectivity index (χ0) is 13.8. The Kier molecular flexibility index (Phi) is 4.52. The van der Waals surface area contributed by atoms with E-state index in [1.54, 1.807) is 18.3 Å². The molecule has 0 atom stereocenters. The molecule has 0 unspecified atom stereocenters. The average molecular weight is 386 g/mol. The van der Waals surface area contributed by atoms with Gasteiger partial charge in [0, 0.05) is 21.3 Å². The first kappa shape index (κ1) is 14.0. The van der Waals surface area contributed by atoms with Crippen molar-refractivity contribution in [3.63, 3.8) is 0 Å². The molecule has 0 aliphatic heterocycles. The van der Waals surface area contributed by atoms with E-state index in [2.05, 4.69) is 47.6 Å². The van der Waals surface area contributed by atoms with Gasteiger partial charge >= 0.3 is 0 Å². The number of anilines is 2. The standard InChI is InChI=1S/C12H10Br2N4O/c13-7-1-2-9(14)11(5-7)17-12(19)8-6-16-4-3-10(8)18-15/h1-6H,15H2,(H,16,18)(H,17,19). The van der Waals surface area contributed by atoms with Gasteiger partial charge in [-0.05, 0) is 40.2 Å². The summed E-state index contributed by atoms with van der Waals surface area (Å²) in [6.45, 7) is 0. The third kappa shape index (κ3) is 3.31. The van der Waals surface area contributed by atoms with E-state index in [0.29, 0.717) is 16.9 Å². The van der Waals surface area contributed by atoms with Crippen LogP contribution in [-0.2, 0) is 0 Å². The number of hydrazine groups is 1. The summed E-state index contributed by atoms with van der Waals surface area (Å²) in [6.07, 6.45) is 3.01. The number of carbonyl (C=O) groups excluding carboxylic acids is 1. The maximum absolute atomic E-state index is 12.2. The van der Waals surface area contributed by atoms with E-state index in [1.165, 1.54) is 6.20 Å². The summed E-state index contributed by atoms with van der Waals surface area (Å²) >= 11 is 6.73. The Morgan fingerprint density at radius 1 is 1.21 bits per heavy atom. The minimum atomic E-state index is -0.292. The summed E-state index contributed by atoms with van der Waals surface area (Å²) in [5.41, 5.74) is 4.01. The fourth-order valence-corrected chi connectivity index (χ4v) is 2.19. The molecule has 7 heteroatoms. The number of nitrogens with zero attached hydrogens (tertiary/aromatic N) is 1. The van der Waals surface area contributed by atoms with Crippen LogP contribution in [0.3, 0.4) is 0 Å². The normalized spacial score (nSPS) is 10.1. The fourth-order valence-electron chi connectivity index (χ4n) is 1.48. The number of carbonyl (C=O) groups is 1. The number of aromatic nitrogens is 1. The van der Waals surface area contributed by atoms with Gasteiger partial charge in [-0.2, -0.15) is 0 Å². The molecule has 5 nitrogen and oxygen atoms in total. The maximum atomic E-state index is 12.2. The van der Waals surface area contributed by atoms with Gasteiger partial charge in [-0.25, -0.2) is 0 Å². The van der Waals surface area contributed by atoms with Gasteiger partial charge in [0.25, 0.3) is 5.91 Å². The molecule has 1 aromatic heterocycles. The lowest BCUT2D eigenvalue weighted by Crippen LogP contribution is -2.17. The molecular formula is C12H10Br2N4O. The van der Waals surface area contributed by atoms with Crippen molar-refractivity contribution < 1.29 is 4.79 Å². The molecule has 0 radical (unpaired) electrons. The Morgan fingerprint density at radius 2 is 2.00 bits per heavy atom. The van der Waals surface area contributed by atoms with E-state index in [4.69, 9.17) is 5.84 Å². The van der Waals surface area contributed by atoms with Crippen LogP contribution in [0, 0.1) is 0 Å². The van der Waals surface area contributed by atoms with Crippen molar-refractivity contribution in [1.82, 2.24) is 4.98 Å². The van der Waals surface area contributed by atoms with Crippen molar-refractivity contribution in [2.45, 2.75) is 0 Å². The van der Waals surface area contributed by atoms with Gasteiger partial charge in [-0.15, -0.1) is 0 Å². The number of nitrogens with two attached hydrogens (primary N) is 1. The molecule has 98 valence electrons. The zero-order valence-electron chi connectivity index (χ0n) is 9.65. The Balaban J connectivity index is 2.28. The first-order valence-electron chi connectivity index (χ1n) is 5.29. The summed E-state index contributed by atoms with van der Waals surface area (Å²) in [5, 5.41) is 2.79. The first-order valence-corrected chi connectivity index (χ1v) is 6.87. The van der Waals surface area contributed by atoms with Gasteiger partial charge in [0.1, 0.15) is 0 Å². The Labute approximate surface area is 126 Å². The summed E-state index contributed by atoms with van der Waals surface area (Å²) in [6, 6.07) is 7.14. The summed E-state index contributed by atoms with van der Waals surface area (Å²) in [4.78, 5) is 16.1. The third-order valence-corrected chi connectivity index (χ3v) is 3.58. The molecule has 0 aliphatic carbocycles. The highest BCUT2D eigenvalue weighted by Crippen LogP contribution is 2.27. The lowest BCUT2D eigenvalue weighted by atomic mass is 10.2. The van der Waals surface area contributed by atoms with E-state index in [0.717, 1.165) is 8.95 Å². The molecule has 1 heterocycles. The molecule has 0 bridgehead atoms. The average Bonchev–Trinajstić information content (AvgIpc) is 2.42. The number of nitrogens with one attached hydrogen (secondary N) is 2. The number of hydrogen-bond donors (Lipinski definition) is 3. The molecular weight excluding hydrogens is 376 g/mol. The number of amides is 1. The van der Waals surface area contributed by atoms with Crippen LogP contribution in [0.2, 0.25) is 0 Å². The molecule has 0 saturated carbocycles. The smallest absolute Gasteiger partial charge is 0.259 e. The van der Waals surface area contributed by atoms with E-state index >= 15 is 0 Å². The Hall–Kier alpha value is -1.44. The number of nitrogen functional groups attached to an aromatic ring is 1. The van der Waals surface area contributed by atoms with Crippen molar-refractivity contribution in [3.05, 3.63) is 51.2 Å². The monoisotopic (exact) mass is 384 g/mol. The quantitative estimate of drug-likeness (QED) is 0.560. The molecule has 0 spiro atoms. The van der Waals surface area contributed by atoms with Crippen LogP contribution in [0.15, 0.2) is 45.6 Å². The van der Waals surface area contributed by atoms with E-state index in [1.807, 2.05) is 12.1 Å². The first-order chi connectivity index (χ1) is 9.11. The zero-order valence-corrected chi connectivity index (χ0v) is 12.8. The van der Waals surface area contributed by atoms with Gasteiger partial charge in [-0.3, -0.25) is 15.6 Å². The number of hydrogen-bond acceptors (Lipinski definition) is 4. The van der Waals surface area contributed by atoms with Crippen LogP contribution in [0.5, 0.6) is 0 Å². The van der Waals surface area contributed by atoms with Crippen LogP contribution in [0.25, 0.3) is 0 Å². The molecule has 1 amide bonds. The van der Waals surface area contributed by atoms with Crippen molar-refractivity contribution in [3.8, 4) is 0 Å². The number of pyridine rings is 1. The third-order valence-electron chi connectivity index (χ3n) is 2.40. The van der Waals surface area contributed by atoms with Crippen LogP contribution >= 0.6 is 31.9 Å². The predicted octanol–water partition coefficient (Wildman–Crippen LogP) is 3.14. The number of benzene rings is 1. The van der Waals surface area contributed by atoms with Crippen molar-refractivity contribution in [1.29, 1.82) is 0 Å². The SMILES string of the molecule is NNc1ccncc1C(=O)Nc1cc(Br)ccc1Br. The van der Waals surface area contributed by atoms with E-state index in [-0.39, 0.29) is 5.91 Å². The van der Waals surface area contributed by atoms with Gasteiger partial charge in [0.2, 0.25) is 0 Å². The maximum Gasteiger partial charge on any atom is 0.259 e. The highest BCUT2D eigenvalue weighted by molar-refractivity contribution is 9.11. The molecule has 0 fully saturated rings. The molecule has 4 N–H and O–H groups in total. The topological polar surface area (TPSA) is 80.0 Å². The fraction of sp³-hybridized carbons (Fsp3) is 0. The summed E-state index contributed by atoms with van der Waals surface area (Å²) < 4.78 is 1.66. The predicted molar refractivity (Wildman–Crippen MR) is 81.8 cm³/mol. The minimum absolute atomic E-state index is 0.292. The molecule has 19 heavy (non-hydrogen) atoms. The Morgan fingerprint density at radius 3 is 2.74 bits per heavy atom. The van der Waals surface area contributed by atoms with Gasteiger partial charge in [-0.1, -0.05) is 15.9 Å². The van der Waals surface area contributed by atoms with Crippen LogP contribution in [0.1, 0.15) is 10.4 Å². The summed E-state index contributed by atoms with van der Waals surface area (Å²) in [7, 11) is 0. The van der Waals surface area contributed by atoms with Crippen molar-refractivity contribution in [2.24, 2.45) is 5.84 Å². The van der Waals surface area contributed by atoms with Crippen LogP contribution in [0.4, 0.5) is 11.4 Å². The summed E-state index contributed by atoms with van der Waals surface area (Å²) in [5.74, 6) is 5.07.